The zero-order valence-electron chi connectivity index (χ0n) is 13.4. The molecule has 0 aliphatic heterocycles. The number of benzene rings is 1. The Morgan fingerprint density at radius 2 is 1.80 bits per heavy atom. The van der Waals surface area contributed by atoms with Gasteiger partial charge in [0, 0.05) is 51.7 Å². The quantitative estimate of drug-likeness (QED) is 0.445. The number of H-pyrrole nitrogens is 1. The van der Waals surface area contributed by atoms with E-state index in [1.54, 1.807) is 17.5 Å². The van der Waals surface area contributed by atoms with E-state index in [9.17, 15) is 0 Å². The van der Waals surface area contributed by atoms with Crippen molar-refractivity contribution in [3.8, 4) is 27.3 Å². The number of fused-ring (bicyclic) bond motifs is 1. The summed E-state index contributed by atoms with van der Waals surface area (Å²) in [7, 11) is 0. The van der Waals surface area contributed by atoms with Crippen LogP contribution < -0.4 is 0 Å². The predicted molar refractivity (Wildman–Crippen MR) is 104 cm³/mol. The third-order valence-electron chi connectivity index (χ3n) is 4.46. The van der Waals surface area contributed by atoms with Gasteiger partial charge in [0.15, 0.2) is 0 Å². The Morgan fingerprint density at radius 3 is 2.64 bits per heavy atom. The van der Waals surface area contributed by atoms with Crippen LogP contribution >= 0.6 is 11.3 Å². The van der Waals surface area contributed by atoms with E-state index in [1.165, 1.54) is 32.5 Å². The average molecular weight is 341 g/mol. The normalized spacial score (nSPS) is 11.2. The fourth-order valence-corrected chi connectivity index (χ4v) is 4.08. The lowest BCUT2D eigenvalue weighted by Crippen LogP contribution is -1.91. The molecule has 1 aromatic carbocycles. The van der Waals surface area contributed by atoms with Crippen molar-refractivity contribution in [2.75, 3.05) is 0 Å². The Labute approximate surface area is 149 Å². The highest BCUT2D eigenvalue weighted by Gasteiger charge is 2.16. The van der Waals surface area contributed by atoms with Gasteiger partial charge in [0.05, 0.1) is 17.4 Å². The Hall–Kier alpha value is -3.11. The van der Waals surface area contributed by atoms with Crippen LogP contribution in [0.15, 0.2) is 84.9 Å². The van der Waals surface area contributed by atoms with Crippen molar-refractivity contribution in [2.24, 2.45) is 0 Å². The maximum Gasteiger partial charge on any atom is 0.0639 e. The van der Waals surface area contributed by atoms with Gasteiger partial charge in [-0.05, 0) is 29.6 Å². The first-order valence-electron chi connectivity index (χ1n) is 8.13. The topological polar surface area (TPSA) is 33.6 Å². The summed E-state index contributed by atoms with van der Waals surface area (Å²) in [6.45, 7) is 0. The van der Waals surface area contributed by atoms with Crippen molar-refractivity contribution in [3.63, 3.8) is 0 Å². The third-order valence-corrected chi connectivity index (χ3v) is 5.36. The Balaban J connectivity index is 1.78. The van der Waals surface area contributed by atoms with Gasteiger partial charge in [-0.3, -0.25) is 4.98 Å². The van der Waals surface area contributed by atoms with Crippen LogP contribution in [0.4, 0.5) is 0 Å². The van der Waals surface area contributed by atoms with E-state index in [0.717, 1.165) is 5.69 Å². The molecule has 4 heterocycles. The number of aromatic nitrogens is 3. The number of aromatic amines is 1. The molecule has 0 radical (unpaired) electrons. The molecule has 5 rings (SSSR count). The number of thiophene rings is 1. The molecule has 3 nitrogen and oxygen atoms in total. The minimum absolute atomic E-state index is 1.07. The molecule has 0 amide bonds. The van der Waals surface area contributed by atoms with Gasteiger partial charge in [0.25, 0.3) is 0 Å². The highest BCUT2D eigenvalue weighted by Crippen LogP contribution is 2.39. The summed E-state index contributed by atoms with van der Waals surface area (Å²) in [5, 5.41) is 3.36. The maximum absolute atomic E-state index is 4.27. The van der Waals surface area contributed by atoms with Crippen molar-refractivity contribution in [2.45, 2.75) is 0 Å². The van der Waals surface area contributed by atoms with E-state index in [-0.39, 0.29) is 0 Å². The lowest BCUT2D eigenvalue weighted by molar-refractivity contribution is 1.10. The first kappa shape index (κ1) is 14.3. The molecule has 0 atom stereocenters. The number of nitrogens with one attached hydrogen (secondary N) is 1. The smallest absolute Gasteiger partial charge is 0.0639 e. The fraction of sp³-hybridized carbons (Fsp3) is 0. The van der Waals surface area contributed by atoms with Crippen molar-refractivity contribution in [3.05, 3.63) is 84.9 Å². The number of hydrogen-bond donors (Lipinski definition) is 1. The Morgan fingerprint density at radius 1 is 0.880 bits per heavy atom. The van der Waals surface area contributed by atoms with Crippen LogP contribution in [0.2, 0.25) is 0 Å². The van der Waals surface area contributed by atoms with E-state index < -0.39 is 0 Å². The molecule has 4 aromatic heterocycles. The summed E-state index contributed by atoms with van der Waals surface area (Å²) in [6.07, 6.45) is 10.1. The van der Waals surface area contributed by atoms with Crippen molar-refractivity contribution in [1.29, 1.82) is 0 Å². The second-order valence-electron chi connectivity index (χ2n) is 5.90. The van der Waals surface area contributed by atoms with Crippen LogP contribution in [0.3, 0.4) is 0 Å². The minimum atomic E-state index is 1.07. The van der Waals surface area contributed by atoms with Gasteiger partial charge < -0.3 is 9.55 Å². The molecule has 0 unspecified atom stereocenters. The van der Waals surface area contributed by atoms with Gasteiger partial charge >= 0.3 is 0 Å². The molecule has 0 fully saturated rings. The standard InChI is InChI=1S/C21H15N3S/c1-2-7-20-16(6-1)19(14-24(20)15-5-3-9-22-11-15)17-12-23-13-18(17)21-8-4-10-25-21/h1-14,23H. The van der Waals surface area contributed by atoms with Crippen LogP contribution in [-0.4, -0.2) is 14.5 Å². The molecule has 0 bridgehead atoms. The fourth-order valence-electron chi connectivity index (χ4n) is 3.33. The van der Waals surface area contributed by atoms with Crippen molar-refractivity contribution >= 4 is 22.2 Å². The third kappa shape index (κ3) is 2.30. The predicted octanol–water partition coefficient (Wildman–Crippen LogP) is 5.75. The van der Waals surface area contributed by atoms with Crippen molar-refractivity contribution in [1.82, 2.24) is 14.5 Å². The van der Waals surface area contributed by atoms with E-state index in [2.05, 4.69) is 81.0 Å². The zero-order chi connectivity index (χ0) is 16.6. The van der Waals surface area contributed by atoms with Crippen molar-refractivity contribution < 1.29 is 0 Å². The molecule has 0 spiro atoms. The van der Waals surface area contributed by atoms with Gasteiger partial charge in [0.2, 0.25) is 0 Å². The van der Waals surface area contributed by atoms with Gasteiger partial charge in [-0.25, -0.2) is 0 Å². The summed E-state index contributed by atoms with van der Waals surface area (Å²) < 4.78 is 2.21. The maximum atomic E-state index is 4.27. The Bertz CT molecular complexity index is 1130. The van der Waals surface area contributed by atoms with E-state index in [1.807, 2.05) is 12.3 Å². The van der Waals surface area contributed by atoms with Gasteiger partial charge in [0.1, 0.15) is 0 Å². The van der Waals surface area contributed by atoms with E-state index in [4.69, 9.17) is 0 Å². The van der Waals surface area contributed by atoms with Crippen LogP contribution in [0.25, 0.3) is 38.2 Å². The summed E-state index contributed by atoms with van der Waals surface area (Å²) in [5.41, 5.74) is 5.94. The molecule has 25 heavy (non-hydrogen) atoms. The van der Waals surface area contributed by atoms with Crippen LogP contribution in [0.5, 0.6) is 0 Å². The largest absolute Gasteiger partial charge is 0.366 e. The number of nitrogens with zero attached hydrogens (tertiary/aromatic N) is 2. The van der Waals surface area contributed by atoms with E-state index in [0.29, 0.717) is 0 Å². The number of para-hydroxylation sites is 1. The molecular weight excluding hydrogens is 326 g/mol. The molecule has 1 N–H and O–H groups in total. The SMILES string of the molecule is c1cncc(-n2cc(-c3c[nH]cc3-c3cccs3)c3ccccc32)c1. The van der Waals surface area contributed by atoms with Crippen LogP contribution in [-0.2, 0) is 0 Å². The highest BCUT2D eigenvalue weighted by atomic mass is 32.1. The zero-order valence-corrected chi connectivity index (χ0v) is 14.2. The Kier molecular flexibility index (Phi) is 3.28. The average Bonchev–Trinajstić information content (AvgIpc) is 3.40. The molecule has 0 saturated carbocycles. The molecule has 0 aliphatic carbocycles. The first-order valence-corrected chi connectivity index (χ1v) is 9.01. The molecular formula is C21H15N3S. The summed E-state index contributed by atoms with van der Waals surface area (Å²) in [5.74, 6) is 0. The second-order valence-corrected chi connectivity index (χ2v) is 6.85. The molecule has 5 aromatic rings. The molecule has 120 valence electrons. The number of rotatable bonds is 3. The van der Waals surface area contributed by atoms with Gasteiger partial charge in [-0.15, -0.1) is 11.3 Å². The second kappa shape index (κ2) is 5.76. The number of pyridine rings is 1. The van der Waals surface area contributed by atoms with Gasteiger partial charge in [-0.1, -0.05) is 24.3 Å². The van der Waals surface area contributed by atoms with E-state index >= 15 is 0 Å². The van der Waals surface area contributed by atoms with Crippen LogP contribution in [0, 0.1) is 0 Å². The number of hydrogen-bond acceptors (Lipinski definition) is 2. The summed E-state index contributed by atoms with van der Waals surface area (Å²) >= 11 is 1.76. The molecule has 0 saturated heterocycles. The first-order chi connectivity index (χ1) is 12.4. The summed E-state index contributed by atoms with van der Waals surface area (Å²) in [6, 6.07) is 16.8. The monoisotopic (exact) mass is 341 g/mol. The lowest BCUT2D eigenvalue weighted by atomic mass is 10.0. The minimum Gasteiger partial charge on any atom is -0.366 e. The highest BCUT2D eigenvalue weighted by molar-refractivity contribution is 7.13. The van der Waals surface area contributed by atoms with Gasteiger partial charge in [-0.2, -0.15) is 0 Å². The lowest BCUT2D eigenvalue weighted by Gasteiger charge is -2.03. The van der Waals surface area contributed by atoms with Crippen LogP contribution in [0.1, 0.15) is 0 Å². The summed E-state index contributed by atoms with van der Waals surface area (Å²) in [4.78, 5) is 8.83. The molecule has 4 heteroatoms. The molecule has 0 aliphatic rings.